The van der Waals surface area contributed by atoms with Gasteiger partial charge in [0.2, 0.25) is 5.91 Å². The highest BCUT2D eigenvalue weighted by molar-refractivity contribution is 5.97. The van der Waals surface area contributed by atoms with E-state index in [-0.39, 0.29) is 30.2 Å². The molecule has 3 rings (SSSR count). The van der Waals surface area contributed by atoms with E-state index in [1.54, 1.807) is 56.0 Å². The Labute approximate surface area is 203 Å². The van der Waals surface area contributed by atoms with Gasteiger partial charge in [0.05, 0.1) is 6.61 Å². The first-order valence-corrected chi connectivity index (χ1v) is 11.5. The Kier molecular flexibility index (Phi) is 8.25. The maximum absolute atomic E-state index is 12.7. The molecule has 0 bridgehead atoms. The number of hydrogen-bond donors (Lipinski definition) is 2. The molecule has 1 aromatic heterocycles. The fourth-order valence-corrected chi connectivity index (χ4v) is 4.03. The van der Waals surface area contributed by atoms with E-state index in [1.807, 2.05) is 6.07 Å². The van der Waals surface area contributed by atoms with Crippen LogP contribution in [0.25, 0.3) is 0 Å². The minimum absolute atomic E-state index is 0.00941. The quantitative estimate of drug-likeness (QED) is 0.653. The summed E-state index contributed by atoms with van der Waals surface area (Å²) >= 11 is 0. The van der Waals surface area contributed by atoms with E-state index in [1.165, 1.54) is 4.57 Å². The molecule has 0 atom stereocenters. The Bertz CT molecular complexity index is 1220. The van der Waals surface area contributed by atoms with E-state index in [9.17, 15) is 24.4 Å². The first-order chi connectivity index (χ1) is 16.7. The molecule has 0 radical (unpaired) electrons. The zero-order valence-corrected chi connectivity index (χ0v) is 20.1. The largest absolute Gasteiger partial charge is 0.450 e. The molecule has 10 nitrogen and oxygen atoms in total. The van der Waals surface area contributed by atoms with Crippen LogP contribution < -0.4 is 16.2 Å². The van der Waals surface area contributed by atoms with Crippen LogP contribution in [-0.4, -0.2) is 53.1 Å². The van der Waals surface area contributed by atoms with E-state index in [0.29, 0.717) is 55.0 Å². The molecule has 1 aromatic carbocycles. The number of ether oxygens (including phenoxy) is 1. The number of aryl methyl sites for hydroxylation is 2. The van der Waals surface area contributed by atoms with Crippen molar-refractivity contribution in [1.82, 2.24) is 14.8 Å². The number of carbonyl (C=O) groups is 3. The number of pyridine rings is 1. The third-order valence-corrected chi connectivity index (χ3v) is 5.88. The van der Waals surface area contributed by atoms with Crippen LogP contribution in [0, 0.1) is 25.2 Å². The van der Waals surface area contributed by atoms with Crippen molar-refractivity contribution in [1.29, 1.82) is 5.26 Å². The molecule has 10 heteroatoms. The topological polar surface area (TPSA) is 134 Å². The maximum Gasteiger partial charge on any atom is 0.409 e. The van der Waals surface area contributed by atoms with Crippen molar-refractivity contribution in [2.24, 2.45) is 0 Å². The van der Waals surface area contributed by atoms with Gasteiger partial charge >= 0.3 is 6.09 Å². The van der Waals surface area contributed by atoms with Crippen molar-refractivity contribution in [3.8, 4) is 6.07 Å². The average molecular weight is 480 g/mol. The summed E-state index contributed by atoms with van der Waals surface area (Å²) in [5.41, 5.74) is 1.43. The molecule has 2 N–H and O–H groups in total. The number of piperidine rings is 1. The van der Waals surface area contributed by atoms with Crippen molar-refractivity contribution < 1.29 is 19.1 Å². The number of anilines is 1. The van der Waals surface area contributed by atoms with Crippen molar-refractivity contribution in [2.75, 3.05) is 25.0 Å². The SMILES string of the molecule is CCOC(=O)N1CCC(NC(=O)c2cccc(NC(=O)Cn3c(C)cc(C)c(C#N)c3=O)c2)CC1. The van der Waals surface area contributed by atoms with E-state index in [0.717, 1.165) is 0 Å². The molecule has 0 unspecified atom stereocenters. The average Bonchev–Trinajstić information content (AvgIpc) is 2.82. The zero-order valence-electron chi connectivity index (χ0n) is 20.1. The molecule has 1 aliphatic heterocycles. The van der Waals surface area contributed by atoms with Gasteiger partial charge < -0.3 is 24.8 Å². The molecule has 1 aliphatic rings. The molecular formula is C25H29N5O5. The molecule has 0 aliphatic carbocycles. The normalized spacial score (nSPS) is 13.6. The van der Waals surface area contributed by atoms with Gasteiger partial charge in [-0.3, -0.25) is 14.4 Å². The zero-order chi connectivity index (χ0) is 25.5. The van der Waals surface area contributed by atoms with Crippen molar-refractivity contribution >= 4 is 23.6 Å². The first-order valence-electron chi connectivity index (χ1n) is 11.5. The Morgan fingerprint density at radius 3 is 2.54 bits per heavy atom. The van der Waals surface area contributed by atoms with E-state index < -0.39 is 11.5 Å². The van der Waals surface area contributed by atoms with Crippen LogP contribution in [-0.2, 0) is 16.1 Å². The summed E-state index contributed by atoms with van der Waals surface area (Å²) in [5.74, 6) is -0.730. The summed E-state index contributed by atoms with van der Waals surface area (Å²) in [5, 5.41) is 14.9. The lowest BCUT2D eigenvalue weighted by Gasteiger charge is -2.31. The highest BCUT2D eigenvalue weighted by Crippen LogP contribution is 2.15. The Hall–Kier alpha value is -4.13. The van der Waals surface area contributed by atoms with E-state index >= 15 is 0 Å². The smallest absolute Gasteiger partial charge is 0.409 e. The van der Waals surface area contributed by atoms with Crippen LogP contribution in [0.5, 0.6) is 0 Å². The highest BCUT2D eigenvalue weighted by Gasteiger charge is 2.25. The summed E-state index contributed by atoms with van der Waals surface area (Å²) in [6, 6.07) is 10.0. The second-order valence-electron chi connectivity index (χ2n) is 8.41. The van der Waals surface area contributed by atoms with E-state index in [4.69, 9.17) is 4.74 Å². The van der Waals surface area contributed by atoms with Crippen LogP contribution in [0.2, 0.25) is 0 Å². The Morgan fingerprint density at radius 1 is 1.17 bits per heavy atom. The summed E-state index contributed by atoms with van der Waals surface area (Å²) in [4.78, 5) is 51.3. The van der Waals surface area contributed by atoms with Crippen LogP contribution in [0.3, 0.4) is 0 Å². The number of nitrogens with one attached hydrogen (secondary N) is 2. The Balaban J connectivity index is 1.60. The molecule has 184 valence electrons. The molecule has 2 heterocycles. The lowest BCUT2D eigenvalue weighted by Crippen LogP contribution is -2.46. The number of nitriles is 1. The Morgan fingerprint density at radius 2 is 1.89 bits per heavy atom. The maximum atomic E-state index is 12.7. The molecule has 35 heavy (non-hydrogen) atoms. The fraction of sp³-hybridized carbons (Fsp3) is 0.400. The number of benzene rings is 1. The molecule has 3 amide bonds. The highest BCUT2D eigenvalue weighted by atomic mass is 16.6. The monoisotopic (exact) mass is 479 g/mol. The number of rotatable bonds is 6. The van der Waals surface area contributed by atoms with Crippen LogP contribution in [0.1, 0.15) is 46.9 Å². The number of aromatic nitrogens is 1. The minimum atomic E-state index is -0.512. The van der Waals surface area contributed by atoms with Crippen molar-refractivity contribution in [3.05, 3.63) is 63.1 Å². The third-order valence-electron chi connectivity index (χ3n) is 5.88. The first kappa shape index (κ1) is 25.5. The second-order valence-corrected chi connectivity index (χ2v) is 8.41. The summed E-state index contributed by atoms with van der Waals surface area (Å²) < 4.78 is 6.26. The number of nitrogens with zero attached hydrogens (tertiary/aromatic N) is 3. The molecular weight excluding hydrogens is 450 g/mol. The van der Waals surface area contributed by atoms with Crippen LogP contribution in [0.15, 0.2) is 35.1 Å². The minimum Gasteiger partial charge on any atom is -0.450 e. The molecule has 1 saturated heterocycles. The summed E-state index contributed by atoms with van der Waals surface area (Å²) in [6.07, 6.45) is 0.903. The predicted octanol–water partition coefficient (Wildman–Crippen LogP) is 2.33. The van der Waals surface area contributed by atoms with Gasteiger partial charge in [-0.2, -0.15) is 5.26 Å². The van der Waals surface area contributed by atoms with Gasteiger partial charge in [0, 0.05) is 36.1 Å². The lowest BCUT2D eigenvalue weighted by molar-refractivity contribution is -0.116. The van der Waals surface area contributed by atoms with Crippen molar-refractivity contribution in [3.63, 3.8) is 0 Å². The number of amides is 3. The van der Waals surface area contributed by atoms with Gasteiger partial charge in [0.15, 0.2) is 0 Å². The molecule has 0 saturated carbocycles. The number of carbonyl (C=O) groups excluding carboxylic acids is 3. The van der Waals surface area contributed by atoms with E-state index in [2.05, 4.69) is 10.6 Å². The van der Waals surface area contributed by atoms with Gasteiger partial charge in [-0.15, -0.1) is 0 Å². The number of likely N-dealkylation sites (tertiary alicyclic amines) is 1. The van der Waals surface area contributed by atoms with Crippen LogP contribution >= 0.6 is 0 Å². The van der Waals surface area contributed by atoms with Crippen molar-refractivity contribution in [2.45, 2.75) is 46.2 Å². The standard InChI is InChI=1S/C25H29N5O5/c1-4-35-25(34)29-10-8-19(9-11-29)28-23(32)18-6-5-7-20(13-18)27-22(31)15-30-17(3)12-16(2)21(14-26)24(30)33/h5-7,12-13,19H,4,8-11,15H2,1-3H3,(H,27,31)(H,28,32). The van der Waals surface area contributed by atoms with Gasteiger partial charge in [-0.1, -0.05) is 6.07 Å². The third kappa shape index (κ3) is 6.26. The van der Waals surface area contributed by atoms with Gasteiger partial charge in [-0.05, 0) is 63.4 Å². The summed E-state index contributed by atoms with van der Waals surface area (Å²) in [7, 11) is 0. The summed E-state index contributed by atoms with van der Waals surface area (Å²) in [6.45, 7) is 6.22. The van der Waals surface area contributed by atoms with Gasteiger partial charge in [0.1, 0.15) is 18.2 Å². The fourth-order valence-electron chi connectivity index (χ4n) is 4.03. The number of hydrogen-bond acceptors (Lipinski definition) is 6. The predicted molar refractivity (Wildman–Crippen MR) is 129 cm³/mol. The van der Waals surface area contributed by atoms with Gasteiger partial charge in [0.25, 0.3) is 11.5 Å². The van der Waals surface area contributed by atoms with Gasteiger partial charge in [-0.25, -0.2) is 4.79 Å². The van der Waals surface area contributed by atoms with Crippen LogP contribution in [0.4, 0.5) is 10.5 Å². The lowest BCUT2D eigenvalue weighted by atomic mass is 10.0. The second kappa shape index (κ2) is 11.3. The molecule has 0 spiro atoms. The molecule has 2 aromatic rings. The molecule has 1 fully saturated rings.